The molecule has 0 aliphatic rings. The van der Waals surface area contributed by atoms with Gasteiger partial charge in [-0.3, -0.25) is 9.78 Å². The van der Waals surface area contributed by atoms with Gasteiger partial charge in [0, 0.05) is 18.8 Å². The van der Waals surface area contributed by atoms with Crippen LogP contribution in [0.1, 0.15) is 30.2 Å². The second kappa shape index (κ2) is 3.81. The molecule has 2 heterocycles. The maximum atomic E-state index is 10.8. The standard InChI is InChI=1S/C11H13N3O/c1-8(2)5-11-13-9(7-15)10-6-12-3-4-14(10)11/h3-4,6-8H,5H2,1-2H3. The van der Waals surface area contributed by atoms with Gasteiger partial charge in [-0.1, -0.05) is 13.8 Å². The van der Waals surface area contributed by atoms with Crippen LogP contribution < -0.4 is 0 Å². The third-order valence-electron chi connectivity index (χ3n) is 2.25. The zero-order valence-corrected chi connectivity index (χ0v) is 8.84. The number of fused-ring (bicyclic) bond motifs is 1. The Kier molecular flexibility index (Phi) is 2.49. The third-order valence-corrected chi connectivity index (χ3v) is 2.25. The summed E-state index contributed by atoms with van der Waals surface area (Å²) in [7, 11) is 0. The molecule has 78 valence electrons. The third kappa shape index (κ3) is 1.75. The molecule has 0 aliphatic carbocycles. The number of carbonyl (C=O) groups is 1. The number of imidazole rings is 1. The number of aromatic nitrogens is 3. The van der Waals surface area contributed by atoms with Crippen LogP contribution in [0.15, 0.2) is 18.6 Å². The van der Waals surface area contributed by atoms with Crippen LogP contribution >= 0.6 is 0 Å². The van der Waals surface area contributed by atoms with Gasteiger partial charge in [0.25, 0.3) is 0 Å². The highest BCUT2D eigenvalue weighted by Gasteiger charge is 2.10. The molecule has 0 aromatic carbocycles. The normalized spacial score (nSPS) is 11.1. The second-order valence-electron chi connectivity index (χ2n) is 3.96. The molecule has 0 bridgehead atoms. The minimum Gasteiger partial charge on any atom is -0.300 e. The predicted molar refractivity (Wildman–Crippen MR) is 56.9 cm³/mol. The maximum Gasteiger partial charge on any atom is 0.170 e. The Labute approximate surface area is 88.0 Å². The fraction of sp³-hybridized carbons (Fsp3) is 0.364. The van der Waals surface area contributed by atoms with Gasteiger partial charge in [-0.25, -0.2) is 4.98 Å². The maximum absolute atomic E-state index is 10.8. The molecule has 15 heavy (non-hydrogen) atoms. The van der Waals surface area contributed by atoms with Gasteiger partial charge in [-0.2, -0.15) is 0 Å². The van der Waals surface area contributed by atoms with E-state index in [1.807, 2.05) is 10.6 Å². The highest BCUT2D eigenvalue weighted by atomic mass is 16.1. The van der Waals surface area contributed by atoms with E-state index in [0.29, 0.717) is 11.6 Å². The topological polar surface area (TPSA) is 47.3 Å². The fourth-order valence-electron chi connectivity index (χ4n) is 1.62. The Hall–Kier alpha value is -1.71. The first-order chi connectivity index (χ1) is 7.22. The molecule has 0 saturated carbocycles. The van der Waals surface area contributed by atoms with Crippen LogP contribution in [0, 0.1) is 5.92 Å². The van der Waals surface area contributed by atoms with Crippen LogP contribution in [0.2, 0.25) is 0 Å². The molecule has 0 saturated heterocycles. The van der Waals surface area contributed by atoms with Gasteiger partial charge in [0.1, 0.15) is 11.5 Å². The summed E-state index contributed by atoms with van der Waals surface area (Å²) >= 11 is 0. The van der Waals surface area contributed by atoms with E-state index in [0.717, 1.165) is 24.0 Å². The summed E-state index contributed by atoms with van der Waals surface area (Å²) < 4.78 is 1.93. The van der Waals surface area contributed by atoms with Gasteiger partial charge < -0.3 is 4.40 Å². The first-order valence-corrected chi connectivity index (χ1v) is 4.98. The van der Waals surface area contributed by atoms with E-state index in [-0.39, 0.29) is 0 Å². The average Bonchev–Trinajstić information content (AvgIpc) is 2.56. The number of nitrogens with zero attached hydrogens (tertiary/aromatic N) is 3. The number of rotatable bonds is 3. The second-order valence-corrected chi connectivity index (χ2v) is 3.96. The fourth-order valence-corrected chi connectivity index (χ4v) is 1.62. The molecular weight excluding hydrogens is 190 g/mol. The first-order valence-electron chi connectivity index (χ1n) is 4.98. The molecule has 2 aromatic heterocycles. The van der Waals surface area contributed by atoms with Crippen molar-refractivity contribution in [2.75, 3.05) is 0 Å². The van der Waals surface area contributed by atoms with Crippen LogP contribution in [0.25, 0.3) is 5.52 Å². The van der Waals surface area contributed by atoms with Crippen molar-refractivity contribution < 1.29 is 4.79 Å². The molecule has 0 unspecified atom stereocenters. The summed E-state index contributed by atoms with van der Waals surface area (Å²) in [5.74, 6) is 1.44. The molecule has 0 N–H and O–H groups in total. The largest absolute Gasteiger partial charge is 0.300 e. The molecule has 2 aromatic rings. The van der Waals surface area contributed by atoms with Crippen molar-refractivity contribution in [2.45, 2.75) is 20.3 Å². The predicted octanol–water partition coefficient (Wildman–Crippen LogP) is 1.74. The SMILES string of the molecule is CC(C)Cc1nc(C=O)c2cnccn12. The van der Waals surface area contributed by atoms with E-state index in [9.17, 15) is 4.79 Å². The molecule has 4 heteroatoms. The quantitative estimate of drug-likeness (QED) is 0.714. The van der Waals surface area contributed by atoms with Crippen LogP contribution in [-0.4, -0.2) is 20.7 Å². The summed E-state index contributed by atoms with van der Waals surface area (Å²) in [5.41, 5.74) is 1.25. The van der Waals surface area contributed by atoms with Gasteiger partial charge in [0.15, 0.2) is 6.29 Å². The van der Waals surface area contributed by atoms with Gasteiger partial charge in [-0.05, 0) is 5.92 Å². The Bertz CT molecular complexity index is 488. The van der Waals surface area contributed by atoms with Crippen LogP contribution in [0.5, 0.6) is 0 Å². The Morgan fingerprint density at radius 3 is 3.00 bits per heavy atom. The summed E-state index contributed by atoms with van der Waals surface area (Å²) in [5, 5.41) is 0. The lowest BCUT2D eigenvalue weighted by Gasteiger charge is -2.02. The van der Waals surface area contributed by atoms with Crippen molar-refractivity contribution in [3.8, 4) is 0 Å². The molecule has 0 atom stereocenters. The number of carbonyl (C=O) groups excluding carboxylic acids is 1. The molecule has 0 aliphatic heterocycles. The summed E-state index contributed by atoms with van der Waals surface area (Å²) in [4.78, 5) is 19.1. The van der Waals surface area contributed by atoms with Crippen molar-refractivity contribution in [1.82, 2.24) is 14.4 Å². The van der Waals surface area contributed by atoms with Gasteiger partial charge in [0.2, 0.25) is 0 Å². The molecule has 2 rings (SSSR count). The molecular formula is C11H13N3O. The lowest BCUT2D eigenvalue weighted by Crippen LogP contribution is -2.00. The van der Waals surface area contributed by atoms with E-state index in [2.05, 4.69) is 23.8 Å². The summed E-state index contributed by atoms with van der Waals surface area (Å²) in [6.07, 6.45) is 6.85. The van der Waals surface area contributed by atoms with E-state index in [4.69, 9.17) is 0 Å². The van der Waals surface area contributed by atoms with E-state index in [1.165, 1.54) is 0 Å². The van der Waals surface area contributed by atoms with E-state index < -0.39 is 0 Å². The van der Waals surface area contributed by atoms with Crippen molar-refractivity contribution in [1.29, 1.82) is 0 Å². The number of hydrogen-bond acceptors (Lipinski definition) is 3. The Balaban J connectivity index is 2.59. The van der Waals surface area contributed by atoms with Crippen molar-refractivity contribution in [2.24, 2.45) is 5.92 Å². The first kappa shape index (κ1) is 9.83. The van der Waals surface area contributed by atoms with Gasteiger partial charge >= 0.3 is 0 Å². The van der Waals surface area contributed by atoms with Crippen LogP contribution in [-0.2, 0) is 6.42 Å². The smallest absolute Gasteiger partial charge is 0.170 e. The summed E-state index contributed by atoms with van der Waals surface area (Å²) in [6.45, 7) is 4.26. The van der Waals surface area contributed by atoms with Gasteiger partial charge in [0.05, 0.1) is 11.7 Å². The Morgan fingerprint density at radius 2 is 2.33 bits per heavy atom. The van der Waals surface area contributed by atoms with Gasteiger partial charge in [-0.15, -0.1) is 0 Å². The monoisotopic (exact) mass is 203 g/mol. The van der Waals surface area contributed by atoms with E-state index in [1.54, 1.807) is 12.4 Å². The lowest BCUT2D eigenvalue weighted by atomic mass is 10.1. The zero-order valence-electron chi connectivity index (χ0n) is 8.84. The van der Waals surface area contributed by atoms with Crippen molar-refractivity contribution in [3.05, 3.63) is 30.1 Å². The van der Waals surface area contributed by atoms with Crippen molar-refractivity contribution in [3.63, 3.8) is 0 Å². The average molecular weight is 203 g/mol. The Morgan fingerprint density at radius 1 is 1.53 bits per heavy atom. The zero-order chi connectivity index (χ0) is 10.8. The molecule has 0 radical (unpaired) electrons. The molecule has 0 spiro atoms. The van der Waals surface area contributed by atoms with Crippen molar-refractivity contribution >= 4 is 11.8 Å². The molecule has 0 amide bonds. The minimum atomic E-state index is 0.471. The minimum absolute atomic E-state index is 0.471. The van der Waals surface area contributed by atoms with Crippen LogP contribution in [0.3, 0.4) is 0 Å². The molecule has 4 nitrogen and oxygen atoms in total. The lowest BCUT2D eigenvalue weighted by molar-refractivity contribution is 0.112. The number of aldehydes is 1. The number of hydrogen-bond donors (Lipinski definition) is 0. The molecule has 0 fully saturated rings. The van der Waals surface area contributed by atoms with E-state index >= 15 is 0 Å². The summed E-state index contributed by atoms with van der Waals surface area (Å²) in [6, 6.07) is 0. The highest BCUT2D eigenvalue weighted by molar-refractivity contribution is 5.83. The highest BCUT2D eigenvalue weighted by Crippen LogP contribution is 2.13. The van der Waals surface area contributed by atoms with Crippen LogP contribution in [0.4, 0.5) is 0 Å².